The number of aliphatic carboxylic acids is 1. The van der Waals surface area contributed by atoms with Gasteiger partial charge in [0.05, 0.1) is 0 Å². The number of carboxylic acids is 1. The van der Waals surface area contributed by atoms with Crippen LogP contribution in [0.2, 0.25) is 0 Å². The van der Waals surface area contributed by atoms with Gasteiger partial charge in [-0.05, 0) is 25.7 Å². The molecule has 4 nitrogen and oxygen atoms in total. The first-order chi connectivity index (χ1) is 5.25. The third-order valence-corrected chi connectivity index (χ3v) is 1.91. The van der Waals surface area contributed by atoms with Gasteiger partial charge in [0.2, 0.25) is 0 Å². The van der Waals surface area contributed by atoms with E-state index in [1.807, 2.05) is 0 Å². The van der Waals surface area contributed by atoms with Crippen LogP contribution >= 0.6 is 0 Å². The molecule has 0 aromatic rings. The maximum atomic E-state index is 10.5. The van der Waals surface area contributed by atoms with Crippen molar-refractivity contribution < 1.29 is 71.6 Å². The summed E-state index contributed by atoms with van der Waals surface area (Å²) in [5, 5.41) is 8.62. The second-order valence-electron chi connectivity index (χ2n) is 2.63. The van der Waals surface area contributed by atoms with Gasteiger partial charge in [0, 0.05) is 11.1 Å². The standard InChI is InChI=1S/C8H10O3.K.H2O/c9-5-6-3-1-2-4-7(6)8(10)11;;/h5H,1-4H2,(H,10,11);;1H2/q;+1;/p-1. The topological polar surface area (TPSA) is 84.4 Å². The number of rotatable bonds is 2. The summed E-state index contributed by atoms with van der Waals surface area (Å²) in [5.41, 5.74) is 0.787. The fourth-order valence-corrected chi connectivity index (χ4v) is 1.30. The van der Waals surface area contributed by atoms with Gasteiger partial charge in [-0.1, -0.05) is 0 Å². The summed E-state index contributed by atoms with van der Waals surface area (Å²) in [6.07, 6.45) is 3.67. The molecule has 0 bridgehead atoms. The minimum atomic E-state index is -0.938. The molecule has 0 amide bonds. The molecule has 0 aliphatic heterocycles. The number of allylic oxidation sites excluding steroid dienone is 1. The van der Waals surface area contributed by atoms with Crippen molar-refractivity contribution >= 4 is 12.3 Å². The van der Waals surface area contributed by atoms with Crippen LogP contribution in [0, 0.1) is 0 Å². The van der Waals surface area contributed by atoms with E-state index in [0.29, 0.717) is 30.3 Å². The van der Waals surface area contributed by atoms with Gasteiger partial charge in [-0.25, -0.2) is 4.79 Å². The van der Waals surface area contributed by atoms with Crippen LogP contribution in [0.5, 0.6) is 0 Å². The van der Waals surface area contributed by atoms with Crippen molar-refractivity contribution in [3.05, 3.63) is 11.1 Å². The second-order valence-corrected chi connectivity index (χ2v) is 2.63. The first kappa shape index (κ1) is 15.9. The van der Waals surface area contributed by atoms with Gasteiger partial charge >= 0.3 is 57.4 Å². The molecule has 68 valence electrons. The molecule has 0 unspecified atom stereocenters. The Kier molecular flexibility index (Phi) is 9.61. The normalized spacial score (nSPS) is 15.4. The van der Waals surface area contributed by atoms with Gasteiger partial charge in [0.1, 0.15) is 6.29 Å². The van der Waals surface area contributed by atoms with Crippen LogP contribution in [0.15, 0.2) is 11.1 Å². The Labute approximate surface area is 119 Å². The van der Waals surface area contributed by atoms with Gasteiger partial charge < -0.3 is 10.6 Å². The van der Waals surface area contributed by atoms with Gasteiger partial charge in [-0.15, -0.1) is 0 Å². The van der Waals surface area contributed by atoms with Crippen LogP contribution in [0.1, 0.15) is 25.7 Å². The summed E-state index contributed by atoms with van der Waals surface area (Å²) in [4.78, 5) is 20.9. The summed E-state index contributed by atoms with van der Waals surface area (Å²) < 4.78 is 0. The average Bonchev–Trinajstić information content (AvgIpc) is 2.04. The molecule has 0 aromatic carbocycles. The quantitative estimate of drug-likeness (QED) is 0.421. The number of carboxylic acid groups (broad SMARTS) is 1. The monoisotopic (exact) mass is 210 g/mol. The Hall–Kier alpha value is 0.476. The molecule has 13 heavy (non-hydrogen) atoms. The van der Waals surface area contributed by atoms with E-state index in [-0.39, 0.29) is 56.9 Å². The second kappa shape index (κ2) is 7.84. The zero-order valence-electron chi connectivity index (χ0n) is 7.62. The van der Waals surface area contributed by atoms with Gasteiger partial charge in [0.25, 0.3) is 0 Å². The fourth-order valence-electron chi connectivity index (χ4n) is 1.30. The third kappa shape index (κ3) is 4.48. The van der Waals surface area contributed by atoms with E-state index in [0.717, 1.165) is 12.8 Å². The van der Waals surface area contributed by atoms with Gasteiger partial charge in [-0.3, -0.25) is 4.79 Å². The zero-order valence-corrected chi connectivity index (χ0v) is 10.7. The Balaban J connectivity index is 0. The van der Waals surface area contributed by atoms with Crippen LogP contribution in [0.4, 0.5) is 0 Å². The Morgan fingerprint density at radius 1 is 1.31 bits per heavy atom. The minimum Gasteiger partial charge on any atom is -0.870 e. The summed E-state index contributed by atoms with van der Waals surface area (Å²) in [5.74, 6) is -0.938. The number of carbonyl (C=O) groups is 2. The smallest absolute Gasteiger partial charge is 0.870 e. The van der Waals surface area contributed by atoms with Crippen molar-refractivity contribution in [2.45, 2.75) is 25.7 Å². The first-order valence-corrected chi connectivity index (χ1v) is 3.66. The van der Waals surface area contributed by atoms with E-state index < -0.39 is 5.97 Å². The van der Waals surface area contributed by atoms with Crippen molar-refractivity contribution in [2.24, 2.45) is 0 Å². The fraction of sp³-hybridized carbons (Fsp3) is 0.500. The van der Waals surface area contributed by atoms with Crippen molar-refractivity contribution in [1.29, 1.82) is 0 Å². The van der Waals surface area contributed by atoms with Crippen LogP contribution in [-0.4, -0.2) is 22.8 Å². The molecule has 1 rings (SSSR count). The molecule has 1 aliphatic carbocycles. The summed E-state index contributed by atoms with van der Waals surface area (Å²) in [6.45, 7) is 0. The molecule has 1 aliphatic rings. The molecule has 0 atom stereocenters. The van der Waals surface area contributed by atoms with E-state index >= 15 is 0 Å². The van der Waals surface area contributed by atoms with Crippen LogP contribution in [0.25, 0.3) is 0 Å². The molecule has 0 spiro atoms. The van der Waals surface area contributed by atoms with Crippen LogP contribution in [0.3, 0.4) is 0 Å². The molecule has 0 saturated heterocycles. The SMILES string of the molecule is O=CC1=C(C(=O)O)CCCC1.[K+].[OH-]. The third-order valence-electron chi connectivity index (χ3n) is 1.91. The Bertz CT molecular complexity index is 222. The number of hydrogen-bond donors (Lipinski definition) is 1. The van der Waals surface area contributed by atoms with E-state index in [9.17, 15) is 9.59 Å². The molecule has 0 heterocycles. The molecule has 0 radical (unpaired) electrons. The summed E-state index contributed by atoms with van der Waals surface area (Å²) in [6, 6.07) is 0. The van der Waals surface area contributed by atoms with Crippen LogP contribution in [-0.2, 0) is 9.59 Å². The summed E-state index contributed by atoms with van der Waals surface area (Å²) >= 11 is 0. The predicted octanol–water partition coefficient (Wildman–Crippen LogP) is -2.03. The maximum Gasteiger partial charge on any atom is 1.00 e. The van der Waals surface area contributed by atoms with Crippen molar-refractivity contribution in [1.82, 2.24) is 0 Å². The maximum absolute atomic E-state index is 10.5. The van der Waals surface area contributed by atoms with Crippen molar-refractivity contribution in [3.8, 4) is 0 Å². The zero-order chi connectivity index (χ0) is 8.27. The van der Waals surface area contributed by atoms with Crippen LogP contribution < -0.4 is 51.4 Å². The molecular formula is C8H11KO4. The molecular weight excluding hydrogens is 199 g/mol. The number of carbonyl (C=O) groups excluding carboxylic acids is 1. The minimum absolute atomic E-state index is 0. The molecule has 0 fully saturated rings. The molecule has 5 heteroatoms. The van der Waals surface area contributed by atoms with Gasteiger partial charge in [0.15, 0.2) is 0 Å². The van der Waals surface area contributed by atoms with Crippen molar-refractivity contribution in [3.63, 3.8) is 0 Å². The van der Waals surface area contributed by atoms with E-state index in [1.54, 1.807) is 0 Å². The van der Waals surface area contributed by atoms with Crippen molar-refractivity contribution in [2.75, 3.05) is 0 Å². The average molecular weight is 210 g/mol. The first-order valence-electron chi connectivity index (χ1n) is 3.66. The van der Waals surface area contributed by atoms with Gasteiger partial charge in [-0.2, -0.15) is 0 Å². The summed E-state index contributed by atoms with van der Waals surface area (Å²) in [7, 11) is 0. The molecule has 0 aromatic heterocycles. The Morgan fingerprint density at radius 2 is 1.85 bits per heavy atom. The predicted molar refractivity (Wildman–Crippen MR) is 41.1 cm³/mol. The molecule has 2 N–H and O–H groups in total. The number of aldehydes is 1. The number of hydrogen-bond acceptors (Lipinski definition) is 3. The van der Waals surface area contributed by atoms with E-state index in [1.165, 1.54) is 0 Å². The Morgan fingerprint density at radius 3 is 2.23 bits per heavy atom. The largest absolute Gasteiger partial charge is 1.00 e. The molecule has 0 saturated carbocycles. The van der Waals surface area contributed by atoms with E-state index in [2.05, 4.69) is 0 Å². The van der Waals surface area contributed by atoms with E-state index in [4.69, 9.17) is 5.11 Å².